The third-order valence-electron chi connectivity index (χ3n) is 2.83. The van der Waals surface area contributed by atoms with E-state index in [2.05, 4.69) is 10.1 Å². The highest BCUT2D eigenvalue weighted by Gasteiger charge is 2.14. The minimum Gasteiger partial charge on any atom is -0.402 e. The van der Waals surface area contributed by atoms with Crippen molar-refractivity contribution in [1.29, 1.82) is 0 Å². The Kier molecular flexibility index (Phi) is 4.09. The van der Waals surface area contributed by atoms with Crippen molar-refractivity contribution >= 4 is 29.2 Å². The summed E-state index contributed by atoms with van der Waals surface area (Å²) < 4.78 is 6.76. The van der Waals surface area contributed by atoms with Gasteiger partial charge in [-0.05, 0) is 36.4 Å². The Hall–Kier alpha value is -2.37. The van der Waals surface area contributed by atoms with Gasteiger partial charge in [0.2, 0.25) is 5.88 Å². The third-order valence-corrected chi connectivity index (χ3v) is 3.39. The second-order valence-corrected chi connectivity index (χ2v) is 5.10. The molecular formula is C15H9Cl2N3O2. The molecule has 2 heterocycles. The van der Waals surface area contributed by atoms with Gasteiger partial charge >= 0.3 is 5.97 Å². The molecule has 0 bridgehead atoms. The molecule has 3 rings (SSSR count). The van der Waals surface area contributed by atoms with Crippen molar-refractivity contribution in [3.05, 3.63) is 70.6 Å². The van der Waals surface area contributed by atoms with Crippen LogP contribution in [0.25, 0.3) is 5.69 Å². The van der Waals surface area contributed by atoms with Crippen LogP contribution in [-0.4, -0.2) is 20.7 Å². The second-order valence-electron chi connectivity index (χ2n) is 4.31. The zero-order chi connectivity index (χ0) is 15.5. The minimum absolute atomic E-state index is 0.0876. The van der Waals surface area contributed by atoms with Crippen molar-refractivity contribution < 1.29 is 9.53 Å². The van der Waals surface area contributed by atoms with E-state index in [9.17, 15) is 4.79 Å². The molecule has 0 radical (unpaired) electrons. The second kappa shape index (κ2) is 6.17. The van der Waals surface area contributed by atoms with Crippen molar-refractivity contribution in [2.24, 2.45) is 0 Å². The van der Waals surface area contributed by atoms with Gasteiger partial charge in [-0.25, -0.2) is 14.5 Å². The van der Waals surface area contributed by atoms with Crippen LogP contribution in [0.15, 0.2) is 54.9 Å². The van der Waals surface area contributed by atoms with Crippen LogP contribution in [0.5, 0.6) is 5.88 Å². The van der Waals surface area contributed by atoms with E-state index in [-0.39, 0.29) is 16.6 Å². The first kappa shape index (κ1) is 14.6. The number of halogens is 2. The molecule has 1 aromatic carbocycles. The number of ether oxygens (including phenoxy) is 1. The predicted octanol–water partition coefficient (Wildman–Crippen LogP) is 3.79. The molecule has 0 aliphatic heterocycles. The van der Waals surface area contributed by atoms with E-state index >= 15 is 0 Å². The van der Waals surface area contributed by atoms with Crippen molar-refractivity contribution in [1.82, 2.24) is 14.8 Å². The highest BCUT2D eigenvalue weighted by molar-refractivity contribution is 6.32. The van der Waals surface area contributed by atoms with Crippen LogP contribution in [0.4, 0.5) is 0 Å². The molecule has 0 aliphatic rings. The molecule has 5 nitrogen and oxygen atoms in total. The van der Waals surface area contributed by atoms with Crippen molar-refractivity contribution in [2.45, 2.75) is 0 Å². The molecule has 0 saturated carbocycles. The van der Waals surface area contributed by atoms with Gasteiger partial charge in [0, 0.05) is 23.5 Å². The number of nitrogens with zero attached hydrogens (tertiary/aromatic N) is 3. The maximum atomic E-state index is 12.0. The van der Waals surface area contributed by atoms with Crippen LogP contribution < -0.4 is 4.74 Å². The Balaban J connectivity index is 1.78. The maximum absolute atomic E-state index is 12.0. The molecule has 0 atom stereocenters. The zero-order valence-corrected chi connectivity index (χ0v) is 12.6. The average molecular weight is 334 g/mol. The van der Waals surface area contributed by atoms with Gasteiger partial charge in [0.15, 0.2) is 0 Å². The summed E-state index contributed by atoms with van der Waals surface area (Å²) >= 11 is 11.7. The Morgan fingerprint density at radius 2 is 1.86 bits per heavy atom. The van der Waals surface area contributed by atoms with Crippen LogP contribution in [-0.2, 0) is 0 Å². The Morgan fingerprint density at radius 1 is 1.09 bits per heavy atom. The Labute approximate surface area is 136 Å². The summed E-state index contributed by atoms with van der Waals surface area (Å²) in [5.41, 5.74) is 0.983. The molecule has 7 heteroatoms. The molecule has 22 heavy (non-hydrogen) atoms. The van der Waals surface area contributed by atoms with Gasteiger partial charge in [0.05, 0.1) is 11.3 Å². The molecule has 3 aromatic rings. The first-order valence-corrected chi connectivity index (χ1v) is 7.03. The van der Waals surface area contributed by atoms with Crippen molar-refractivity contribution in [3.8, 4) is 11.6 Å². The number of benzene rings is 1. The summed E-state index contributed by atoms with van der Waals surface area (Å²) in [5.74, 6) is -0.445. The van der Waals surface area contributed by atoms with Crippen molar-refractivity contribution in [3.63, 3.8) is 0 Å². The molecule has 0 amide bonds. The summed E-state index contributed by atoms with van der Waals surface area (Å²) in [5, 5.41) is 4.89. The lowest BCUT2D eigenvalue weighted by Crippen LogP contribution is -2.10. The fourth-order valence-electron chi connectivity index (χ4n) is 1.79. The summed E-state index contributed by atoms with van der Waals surface area (Å²) in [6, 6.07) is 11.8. The fourth-order valence-corrected chi connectivity index (χ4v) is 2.11. The molecule has 0 N–H and O–H groups in total. The normalized spacial score (nSPS) is 10.5. The molecule has 110 valence electrons. The topological polar surface area (TPSA) is 57.0 Å². The zero-order valence-electron chi connectivity index (χ0n) is 11.1. The van der Waals surface area contributed by atoms with E-state index in [1.807, 2.05) is 0 Å². The quantitative estimate of drug-likeness (QED) is 0.540. The van der Waals surface area contributed by atoms with E-state index in [1.165, 1.54) is 12.3 Å². The van der Waals surface area contributed by atoms with E-state index in [0.717, 1.165) is 5.69 Å². The molecule has 0 fully saturated rings. The lowest BCUT2D eigenvalue weighted by Gasteiger charge is -2.03. The van der Waals surface area contributed by atoms with Gasteiger partial charge in [-0.1, -0.05) is 23.2 Å². The number of hydrogen-bond donors (Lipinski definition) is 0. The van der Waals surface area contributed by atoms with Crippen LogP contribution in [0, 0.1) is 0 Å². The fraction of sp³-hybridized carbons (Fsp3) is 0. The van der Waals surface area contributed by atoms with Gasteiger partial charge in [-0.2, -0.15) is 0 Å². The summed E-state index contributed by atoms with van der Waals surface area (Å²) in [7, 11) is 0. The summed E-state index contributed by atoms with van der Waals surface area (Å²) in [4.78, 5) is 15.8. The third kappa shape index (κ3) is 3.10. The lowest BCUT2D eigenvalue weighted by atomic mass is 10.3. The largest absolute Gasteiger partial charge is 0.402 e. The number of esters is 1. The average Bonchev–Trinajstić information content (AvgIpc) is 2.97. The molecule has 2 aromatic heterocycles. The Morgan fingerprint density at radius 3 is 2.59 bits per heavy atom. The smallest absolute Gasteiger partial charge is 0.348 e. The van der Waals surface area contributed by atoms with E-state index in [0.29, 0.717) is 5.02 Å². The minimum atomic E-state index is -0.612. The molecular weight excluding hydrogens is 325 g/mol. The molecule has 0 unspecified atom stereocenters. The van der Waals surface area contributed by atoms with E-state index in [1.54, 1.807) is 47.3 Å². The number of pyridine rings is 1. The standard InChI is InChI=1S/C15H9Cl2N3O2/c16-10-3-5-11(6-4-10)20-9-7-13(19-20)22-15(21)12-2-1-8-18-14(12)17/h1-9H. The summed E-state index contributed by atoms with van der Waals surface area (Å²) in [6.45, 7) is 0. The van der Waals surface area contributed by atoms with Gasteiger partial charge < -0.3 is 4.74 Å². The lowest BCUT2D eigenvalue weighted by molar-refractivity contribution is 0.0726. The van der Waals surface area contributed by atoms with Gasteiger partial charge in [0.1, 0.15) is 5.15 Å². The predicted molar refractivity (Wildman–Crippen MR) is 82.8 cm³/mol. The number of carbonyl (C=O) groups is 1. The van der Waals surface area contributed by atoms with Crippen molar-refractivity contribution in [2.75, 3.05) is 0 Å². The highest BCUT2D eigenvalue weighted by Crippen LogP contribution is 2.18. The van der Waals surface area contributed by atoms with E-state index < -0.39 is 5.97 Å². The van der Waals surface area contributed by atoms with Gasteiger partial charge in [0.25, 0.3) is 0 Å². The highest BCUT2D eigenvalue weighted by atomic mass is 35.5. The Bertz CT molecular complexity index is 816. The molecule has 0 saturated heterocycles. The van der Waals surface area contributed by atoms with Crippen LogP contribution in [0.3, 0.4) is 0 Å². The number of aromatic nitrogens is 3. The number of rotatable bonds is 3. The van der Waals surface area contributed by atoms with Crippen LogP contribution in [0.2, 0.25) is 10.2 Å². The first-order valence-electron chi connectivity index (χ1n) is 6.28. The molecule has 0 aliphatic carbocycles. The number of hydrogen-bond acceptors (Lipinski definition) is 4. The van der Waals surface area contributed by atoms with Gasteiger partial charge in [-0.15, -0.1) is 5.10 Å². The number of carbonyl (C=O) groups excluding carboxylic acids is 1. The SMILES string of the molecule is O=C(Oc1ccn(-c2ccc(Cl)cc2)n1)c1cccnc1Cl. The van der Waals surface area contributed by atoms with Gasteiger partial charge in [-0.3, -0.25) is 0 Å². The molecule has 0 spiro atoms. The van der Waals surface area contributed by atoms with E-state index in [4.69, 9.17) is 27.9 Å². The summed E-state index contributed by atoms with van der Waals surface area (Å²) in [6.07, 6.45) is 3.17. The van der Waals surface area contributed by atoms with Crippen LogP contribution in [0.1, 0.15) is 10.4 Å². The van der Waals surface area contributed by atoms with Crippen LogP contribution >= 0.6 is 23.2 Å². The maximum Gasteiger partial charge on any atom is 0.348 e. The first-order chi connectivity index (χ1) is 10.6. The monoisotopic (exact) mass is 333 g/mol.